The Balaban J connectivity index is 0.000000360. The second kappa shape index (κ2) is 5.51. The van der Waals surface area contributed by atoms with E-state index in [1.54, 1.807) is 0 Å². The minimum Gasteiger partial charge on any atom is -0.0533 e. The molecule has 1 heteroatoms. The van der Waals surface area contributed by atoms with E-state index < -0.39 is 0 Å². The van der Waals surface area contributed by atoms with Crippen molar-refractivity contribution >= 4 is 0 Å². The van der Waals surface area contributed by atoms with Crippen LogP contribution in [0.15, 0.2) is 0 Å². The maximum absolute atomic E-state index is 1.50. The van der Waals surface area contributed by atoms with Gasteiger partial charge in [0.1, 0.15) is 0 Å². The van der Waals surface area contributed by atoms with Crippen LogP contribution in [0.2, 0.25) is 0 Å². The topological polar surface area (TPSA) is 0 Å². The van der Waals surface area contributed by atoms with E-state index in [1.807, 2.05) is 0 Å². The molecular formula is C6H12Ce. The molecule has 1 aliphatic rings. The number of rotatable bonds is 0. The van der Waals surface area contributed by atoms with Gasteiger partial charge in [-0.2, -0.15) is 0 Å². The van der Waals surface area contributed by atoms with Gasteiger partial charge >= 0.3 is 0 Å². The normalized spacial score (nSPS) is 20.6. The van der Waals surface area contributed by atoms with Crippen molar-refractivity contribution < 1.29 is 41.7 Å². The standard InChI is InChI=1S/C6H12.Ce/c1-2-4-6-5-3-1;/h1-6H2;. The Kier molecular flexibility index (Phi) is 6.60. The van der Waals surface area contributed by atoms with Crippen LogP contribution in [-0.4, -0.2) is 0 Å². The molecule has 7 heavy (non-hydrogen) atoms. The molecule has 0 aliphatic heterocycles. The Morgan fingerprint density at radius 2 is 0.571 bits per heavy atom. The molecule has 0 spiro atoms. The number of hydrogen-bond donors (Lipinski definition) is 0. The summed E-state index contributed by atoms with van der Waals surface area (Å²) in [5.74, 6) is 0. The van der Waals surface area contributed by atoms with Crippen LogP contribution >= 0.6 is 0 Å². The van der Waals surface area contributed by atoms with Crippen molar-refractivity contribution in [1.82, 2.24) is 0 Å². The molecule has 0 unspecified atom stereocenters. The SMILES string of the molecule is C1CCCCC1.[Ce]. The first kappa shape index (κ1) is 8.38. The summed E-state index contributed by atoms with van der Waals surface area (Å²) in [7, 11) is 0. The van der Waals surface area contributed by atoms with E-state index >= 15 is 0 Å². The number of hydrogen-bond acceptors (Lipinski definition) is 0. The molecule has 0 atom stereocenters. The van der Waals surface area contributed by atoms with Crippen LogP contribution < -0.4 is 0 Å². The Bertz CT molecular complexity index is 19.7. The van der Waals surface area contributed by atoms with Gasteiger partial charge in [-0.15, -0.1) is 0 Å². The molecule has 1 saturated carbocycles. The van der Waals surface area contributed by atoms with E-state index in [0.717, 1.165) is 0 Å². The third kappa shape index (κ3) is 3.92. The van der Waals surface area contributed by atoms with Crippen LogP contribution in [0, 0.1) is 41.7 Å². The third-order valence-corrected chi connectivity index (χ3v) is 1.50. The van der Waals surface area contributed by atoms with Gasteiger partial charge in [-0.05, 0) is 0 Å². The van der Waals surface area contributed by atoms with Crippen molar-refractivity contribution in [3.63, 3.8) is 0 Å². The Labute approximate surface area is 79.4 Å². The average Bonchev–Trinajstić information content (AvgIpc) is 1.72. The average molecular weight is 224 g/mol. The fraction of sp³-hybridized carbons (Fsp3) is 1.00. The van der Waals surface area contributed by atoms with Gasteiger partial charge in [-0.3, -0.25) is 0 Å². The van der Waals surface area contributed by atoms with E-state index in [-0.39, 0.29) is 41.7 Å². The molecule has 1 rings (SSSR count). The molecule has 0 bridgehead atoms. The summed E-state index contributed by atoms with van der Waals surface area (Å²) in [5.41, 5.74) is 0. The molecule has 0 radical (unpaired) electrons. The van der Waals surface area contributed by atoms with E-state index in [4.69, 9.17) is 0 Å². The monoisotopic (exact) mass is 224 g/mol. The van der Waals surface area contributed by atoms with Gasteiger partial charge in [0.15, 0.2) is 0 Å². The smallest absolute Gasteiger partial charge is 0 e. The molecule has 1 aliphatic carbocycles. The van der Waals surface area contributed by atoms with Gasteiger partial charge in [0.2, 0.25) is 0 Å². The first-order valence-electron chi connectivity index (χ1n) is 3.00. The summed E-state index contributed by atoms with van der Waals surface area (Å²) >= 11 is 0. The summed E-state index contributed by atoms with van der Waals surface area (Å²) in [5, 5.41) is 0. The summed E-state index contributed by atoms with van der Waals surface area (Å²) in [4.78, 5) is 0. The van der Waals surface area contributed by atoms with E-state index in [2.05, 4.69) is 0 Å². The van der Waals surface area contributed by atoms with Gasteiger partial charge in [0.25, 0.3) is 0 Å². The fourth-order valence-electron chi connectivity index (χ4n) is 1.06. The maximum atomic E-state index is 1.50. The Hall–Kier alpha value is 1.38. The maximum Gasteiger partial charge on any atom is 0 e. The zero-order valence-corrected chi connectivity index (χ0v) is 7.88. The minimum absolute atomic E-state index is 0. The molecule has 0 nitrogen and oxygen atoms in total. The molecule has 40 valence electrons. The quantitative estimate of drug-likeness (QED) is 0.592. The second-order valence-electron chi connectivity index (χ2n) is 2.12. The van der Waals surface area contributed by atoms with Gasteiger partial charge in [-0.25, -0.2) is 0 Å². The van der Waals surface area contributed by atoms with Gasteiger partial charge in [0, 0.05) is 41.7 Å². The third-order valence-electron chi connectivity index (χ3n) is 1.50. The summed E-state index contributed by atoms with van der Waals surface area (Å²) < 4.78 is 0. The van der Waals surface area contributed by atoms with E-state index in [0.29, 0.717) is 0 Å². The molecule has 0 aromatic carbocycles. The van der Waals surface area contributed by atoms with Crippen LogP contribution in [0.3, 0.4) is 0 Å². The van der Waals surface area contributed by atoms with Crippen molar-refractivity contribution in [2.45, 2.75) is 38.5 Å². The van der Waals surface area contributed by atoms with Gasteiger partial charge in [-0.1, -0.05) is 38.5 Å². The fourth-order valence-corrected chi connectivity index (χ4v) is 1.06. The van der Waals surface area contributed by atoms with Crippen LogP contribution in [0.25, 0.3) is 0 Å². The zero-order valence-electron chi connectivity index (χ0n) is 4.74. The molecule has 0 heterocycles. The van der Waals surface area contributed by atoms with Crippen LogP contribution in [0.4, 0.5) is 0 Å². The molecule has 1 fully saturated rings. The van der Waals surface area contributed by atoms with E-state index in [9.17, 15) is 0 Å². The van der Waals surface area contributed by atoms with Crippen LogP contribution in [0.5, 0.6) is 0 Å². The molecular weight excluding hydrogens is 212 g/mol. The van der Waals surface area contributed by atoms with Crippen LogP contribution in [-0.2, 0) is 0 Å². The summed E-state index contributed by atoms with van der Waals surface area (Å²) in [6.07, 6.45) is 9.00. The second-order valence-corrected chi connectivity index (χ2v) is 2.12. The van der Waals surface area contributed by atoms with Gasteiger partial charge in [0.05, 0.1) is 0 Å². The zero-order chi connectivity index (χ0) is 4.24. The molecule has 0 saturated heterocycles. The first-order chi connectivity index (χ1) is 3.00. The van der Waals surface area contributed by atoms with Crippen molar-refractivity contribution in [3.05, 3.63) is 0 Å². The van der Waals surface area contributed by atoms with E-state index in [1.165, 1.54) is 38.5 Å². The summed E-state index contributed by atoms with van der Waals surface area (Å²) in [6, 6.07) is 0. The molecule has 0 amide bonds. The largest absolute Gasteiger partial charge is 0.0533 e. The molecule has 0 aromatic heterocycles. The first-order valence-corrected chi connectivity index (χ1v) is 3.00. The van der Waals surface area contributed by atoms with Crippen molar-refractivity contribution in [1.29, 1.82) is 0 Å². The molecule has 0 N–H and O–H groups in total. The molecule has 0 aromatic rings. The van der Waals surface area contributed by atoms with Crippen molar-refractivity contribution in [2.24, 2.45) is 0 Å². The van der Waals surface area contributed by atoms with Crippen molar-refractivity contribution in [2.75, 3.05) is 0 Å². The van der Waals surface area contributed by atoms with Crippen molar-refractivity contribution in [3.8, 4) is 0 Å². The Morgan fingerprint density at radius 1 is 0.429 bits per heavy atom. The minimum atomic E-state index is 0. The predicted molar refractivity (Wildman–Crippen MR) is 27.7 cm³/mol. The van der Waals surface area contributed by atoms with Gasteiger partial charge < -0.3 is 0 Å². The van der Waals surface area contributed by atoms with Crippen LogP contribution in [0.1, 0.15) is 38.5 Å². The Morgan fingerprint density at radius 3 is 0.714 bits per heavy atom. The predicted octanol–water partition coefficient (Wildman–Crippen LogP) is 2.34. The summed E-state index contributed by atoms with van der Waals surface area (Å²) in [6.45, 7) is 0.